The van der Waals surface area contributed by atoms with Gasteiger partial charge in [-0.3, -0.25) is 0 Å². The van der Waals surface area contributed by atoms with Gasteiger partial charge >= 0.3 is 39.3 Å². The lowest BCUT2D eigenvalue weighted by molar-refractivity contribution is 0.265. The Kier molecular flexibility index (Phi) is 3.24. The molecule has 3 rings (SSSR count). The van der Waals surface area contributed by atoms with Crippen molar-refractivity contribution in [1.82, 2.24) is 0 Å². The first-order chi connectivity index (χ1) is 7.42. The van der Waals surface area contributed by atoms with Crippen LogP contribution in [0.4, 0.5) is 0 Å². The number of rotatable bonds is 1. The maximum Gasteiger partial charge on any atom is 0.412 e. The zero-order valence-electron chi connectivity index (χ0n) is 7.95. The molecular weight excluding hydrogens is 264 g/mol. The van der Waals surface area contributed by atoms with Crippen LogP contribution in [-0.2, 0) is 21.2 Å². The maximum atomic E-state index is 5.80. The first-order valence-corrected chi connectivity index (χ1v) is 8.64. The van der Waals surface area contributed by atoms with Crippen molar-refractivity contribution in [3.05, 3.63) is 0 Å². The molecule has 15 heavy (non-hydrogen) atoms. The Morgan fingerprint density at radius 1 is 1.07 bits per heavy atom. The molecule has 2 aliphatic heterocycles. The highest BCUT2D eigenvalue weighted by Gasteiger charge is 2.66. The number of epoxide rings is 1. The average molecular weight is 273 g/mol. The number of hydrogen-bond acceptors (Lipinski definition) is 5. The summed E-state index contributed by atoms with van der Waals surface area (Å²) in [6.45, 7) is 0. The molecule has 2 heterocycles. The van der Waals surface area contributed by atoms with E-state index in [2.05, 4.69) is 0 Å². The third kappa shape index (κ3) is 2.08. The van der Waals surface area contributed by atoms with Crippen LogP contribution in [0.1, 0.15) is 25.7 Å². The molecule has 9 heteroatoms. The lowest BCUT2D eigenvalue weighted by atomic mass is 10.0. The highest BCUT2D eigenvalue weighted by atomic mass is 28.4. The van der Waals surface area contributed by atoms with E-state index in [1.165, 1.54) is 12.8 Å². The number of fused-ring (bicyclic) bond motifs is 1. The molecular formula is C6H9O5Si4. The lowest BCUT2D eigenvalue weighted by Crippen LogP contribution is -2.47. The summed E-state index contributed by atoms with van der Waals surface area (Å²) in [5.41, 5.74) is 0. The summed E-state index contributed by atoms with van der Waals surface area (Å²) < 4.78 is 27.5. The first-order valence-electron chi connectivity index (χ1n) is 4.87. The summed E-state index contributed by atoms with van der Waals surface area (Å²) in [5, 5.41) is -0.0872. The van der Waals surface area contributed by atoms with Crippen molar-refractivity contribution in [3.8, 4) is 0 Å². The topological polar surface area (TPSA) is 49.5 Å². The second-order valence-electron chi connectivity index (χ2n) is 3.69. The molecule has 0 N–H and O–H groups in total. The fraction of sp³-hybridized carbons (Fsp3) is 1.00. The minimum atomic E-state index is -1.38. The van der Waals surface area contributed by atoms with E-state index in [0.717, 1.165) is 12.8 Å². The molecule has 2 atom stereocenters. The van der Waals surface area contributed by atoms with Crippen LogP contribution >= 0.6 is 0 Å². The molecule has 0 aromatic heterocycles. The van der Waals surface area contributed by atoms with Gasteiger partial charge in [0.05, 0.1) is 6.10 Å². The highest BCUT2D eigenvalue weighted by molar-refractivity contribution is 6.62. The van der Waals surface area contributed by atoms with E-state index in [1.807, 2.05) is 0 Å². The van der Waals surface area contributed by atoms with Crippen molar-refractivity contribution >= 4 is 39.3 Å². The van der Waals surface area contributed by atoms with Crippen molar-refractivity contribution in [2.45, 2.75) is 37.0 Å². The Morgan fingerprint density at radius 3 is 2.60 bits per heavy atom. The summed E-state index contributed by atoms with van der Waals surface area (Å²) in [4.78, 5) is 0. The molecule has 3 fully saturated rings. The molecule has 1 aliphatic carbocycles. The minimum absolute atomic E-state index is 0.0345. The molecule has 0 aromatic rings. The van der Waals surface area contributed by atoms with Crippen LogP contribution in [0.15, 0.2) is 0 Å². The molecule has 2 unspecified atom stereocenters. The van der Waals surface area contributed by atoms with Crippen LogP contribution in [0.5, 0.6) is 0 Å². The van der Waals surface area contributed by atoms with Gasteiger partial charge in [0.15, 0.2) is 0 Å². The van der Waals surface area contributed by atoms with Gasteiger partial charge in [-0.2, -0.15) is 0 Å². The molecule has 5 nitrogen and oxygen atoms in total. The summed E-state index contributed by atoms with van der Waals surface area (Å²) in [7, 11) is -1.26. The Balaban J connectivity index is 1.64. The van der Waals surface area contributed by atoms with Gasteiger partial charge in [-0.15, -0.1) is 0 Å². The Morgan fingerprint density at radius 2 is 1.87 bits per heavy atom. The fourth-order valence-electron chi connectivity index (χ4n) is 2.10. The van der Waals surface area contributed by atoms with Gasteiger partial charge in [0.1, 0.15) is 5.22 Å². The Labute approximate surface area is 97.8 Å². The Bertz CT molecular complexity index is 236. The zero-order chi connectivity index (χ0) is 10.1. The zero-order valence-corrected chi connectivity index (χ0v) is 11.9. The molecule has 0 spiro atoms. The molecule has 7 radical (unpaired) electrons. The second-order valence-corrected chi connectivity index (χ2v) is 8.87. The van der Waals surface area contributed by atoms with Crippen molar-refractivity contribution < 1.29 is 21.2 Å². The first kappa shape index (κ1) is 10.8. The van der Waals surface area contributed by atoms with Gasteiger partial charge in [-0.25, -0.2) is 0 Å². The van der Waals surface area contributed by atoms with Crippen LogP contribution in [-0.4, -0.2) is 50.6 Å². The lowest BCUT2D eigenvalue weighted by Gasteiger charge is -2.24. The minimum Gasteiger partial charge on any atom is -0.412 e. The summed E-state index contributed by atoms with van der Waals surface area (Å²) in [5.74, 6) is 0. The standard InChI is InChI=1S/C6H9O5Si4/c1-2-4-6(5(3-1)7-6)15-10-13-8-12-9-14-11-15/h5H,1-4H2. The van der Waals surface area contributed by atoms with Crippen LogP contribution in [0.3, 0.4) is 0 Å². The van der Waals surface area contributed by atoms with Crippen LogP contribution < -0.4 is 0 Å². The third-order valence-corrected chi connectivity index (χ3v) is 7.72. The number of ether oxygens (including phenoxy) is 1. The van der Waals surface area contributed by atoms with E-state index >= 15 is 0 Å². The maximum absolute atomic E-state index is 5.80. The third-order valence-electron chi connectivity index (χ3n) is 2.86. The van der Waals surface area contributed by atoms with E-state index in [9.17, 15) is 0 Å². The average Bonchev–Trinajstić information content (AvgIpc) is 2.91. The fourth-order valence-corrected chi connectivity index (χ4v) is 7.55. The van der Waals surface area contributed by atoms with E-state index in [0.29, 0.717) is 6.10 Å². The van der Waals surface area contributed by atoms with E-state index in [4.69, 9.17) is 21.2 Å². The monoisotopic (exact) mass is 273 g/mol. The van der Waals surface area contributed by atoms with Gasteiger partial charge in [0, 0.05) is 0 Å². The normalized spacial score (nSPS) is 42.8. The van der Waals surface area contributed by atoms with Crippen molar-refractivity contribution in [1.29, 1.82) is 0 Å². The van der Waals surface area contributed by atoms with Crippen LogP contribution in [0, 0.1) is 0 Å². The van der Waals surface area contributed by atoms with Gasteiger partial charge < -0.3 is 21.2 Å². The highest BCUT2D eigenvalue weighted by Crippen LogP contribution is 2.49. The summed E-state index contributed by atoms with van der Waals surface area (Å²) in [6.07, 6.45) is 5.07. The largest absolute Gasteiger partial charge is 0.412 e. The van der Waals surface area contributed by atoms with Gasteiger partial charge in [-0.05, 0) is 12.8 Å². The summed E-state index contributed by atoms with van der Waals surface area (Å²) >= 11 is 0. The predicted octanol–water partition coefficient (Wildman–Crippen LogP) is -0.592. The van der Waals surface area contributed by atoms with Crippen molar-refractivity contribution in [2.24, 2.45) is 0 Å². The smallest absolute Gasteiger partial charge is 0.412 e. The number of hydrogen-bond donors (Lipinski definition) is 0. The molecule has 0 amide bonds. The summed E-state index contributed by atoms with van der Waals surface area (Å²) in [6, 6.07) is 0. The van der Waals surface area contributed by atoms with Gasteiger partial charge in [0.2, 0.25) is 0 Å². The quantitative estimate of drug-likeness (QED) is 0.472. The molecule has 0 bridgehead atoms. The van der Waals surface area contributed by atoms with Crippen molar-refractivity contribution in [3.63, 3.8) is 0 Å². The molecule has 0 aromatic carbocycles. The second kappa shape index (κ2) is 4.50. The molecule has 2 saturated heterocycles. The molecule has 79 valence electrons. The SMILES string of the molecule is C1CCC2([Si]3O[Si]O[Si]O[Si]O3)OC2C1. The van der Waals surface area contributed by atoms with E-state index in [1.54, 1.807) is 0 Å². The van der Waals surface area contributed by atoms with Crippen LogP contribution in [0.2, 0.25) is 0 Å². The molecule has 3 aliphatic rings. The predicted molar refractivity (Wildman–Crippen MR) is 53.4 cm³/mol. The van der Waals surface area contributed by atoms with Gasteiger partial charge in [0.25, 0.3) is 0 Å². The molecule has 1 saturated carbocycles. The van der Waals surface area contributed by atoms with Gasteiger partial charge in [-0.1, -0.05) is 12.8 Å². The van der Waals surface area contributed by atoms with E-state index < -0.39 is 9.28 Å². The van der Waals surface area contributed by atoms with E-state index in [-0.39, 0.29) is 35.2 Å². The van der Waals surface area contributed by atoms with Crippen LogP contribution in [0.25, 0.3) is 0 Å². The Hall–Kier alpha value is 0.668. The van der Waals surface area contributed by atoms with Crippen molar-refractivity contribution in [2.75, 3.05) is 0 Å².